The van der Waals surface area contributed by atoms with Crippen LogP contribution in [0.5, 0.6) is 5.75 Å². The van der Waals surface area contributed by atoms with Crippen molar-refractivity contribution in [2.24, 2.45) is 0 Å². The topological polar surface area (TPSA) is 131 Å². The molecule has 1 saturated heterocycles. The summed E-state index contributed by atoms with van der Waals surface area (Å²) < 4.78 is 38.0. The Morgan fingerprint density at radius 2 is 2.16 bits per heavy atom. The molecule has 4 heterocycles. The molecule has 0 bridgehead atoms. The maximum absolute atomic E-state index is 13.1. The first-order valence-electron chi connectivity index (χ1n) is 11.9. The van der Waals surface area contributed by atoms with Crippen molar-refractivity contribution in [3.63, 3.8) is 0 Å². The van der Waals surface area contributed by atoms with Crippen LogP contribution in [0, 0.1) is 11.3 Å². The van der Waals surface area contributed by atoms with Crippen LogP contribution in [0.3, 0.4) is 0 Å². The van der Waals surface area contributed by atoms with Crippen molar-refractivity contribution in [2.45, 2.75) is 38.1 Å². The fourth-order valence-corrected chi connectivity index (χ4v) is 5.21. The summed E-state index contributed by atoms with van der Waals surface area (Å²) in [5.74, 6) is -0.374. The van der Waals surface area contributed by atoms with Crippen molar-refractivity contribution in [3.05, 3.63) is 58.4 Å². The summed E-state index contributed by atoms with van der Waals surface area (Å²) in [6.07, 6.45) is 2.00. The van der Waals surface area contributed by atoms with E-state index in [0.29, 0.717) is 60.1 Å². The Balaban J connectivity index is 1.33. The molecule has 2 amide bonds. The molecule has 2 atom stereocenters. The van der Waals surface area contributed by atoms with Gasteiger partial charge in [0.05, 0.1) is 48.8 Å². The molecule has 1 fully saturated rings. The normalized spacial score (nSPS) is 19.3. The predicted octanol–water partition coefficient (Wildman–Crippen LogP) is 4.06. The van der Waals surface area contributed by atoms with Crippen LogP contribution in [-0.4, -0.2) is 52.0 Å². The molecule has 0 aliphatic carbocycles. The number of nitrogen functional groups attached to an aromatic ring is 1. The minimum Gasteiger partial charge on any atom is -0.431 e. The number of likely N-dealkylation sites (tertiary alicyclic amines) is 1. The number of amides is 2. The number of nitrogens with two attached hydrogens (primary N) is 1. The lowest BCUT2D eigenvalue weighted by atomic mass is 9.96. The maximum atomic E-state index is 13.1. The van der Waals surface area contributed by atoms with Gasteiger partial charge in [-0.3, -0.25) is 4.68 Å². The monoisotopic (exact) mass is 543 g/mol. The largest absolute Gasteiger partial charge is 0.431 e. The van der Waals surface area contributed by atoms with Crippen LogP contribution >= 0.6 is 11.6 Å². The van der Waals surface area contributed by atoms with Crippen LogP contribution in [0.25, 0.3) is 11.3 Å². The number of anilines is 1. The second kappa shape index (κ2) is 10.1. The van der Waals surface area contributed by atoms with Crippen LogP contribution < -0.4 is 15.8 Å². The van der Waals surface area contributed by atoms with Gasteiger partial charge in [0.15, 0.2) is 11.6 Å². The number of benzene rings is 1. The molecule has 1 spiro atoms. The fourth-order valence-electron chi connectivity index (χ4n) is 4.87. The van der Waals surface area contributed by atoms with E-state index in [1.54, 1.807) is 23.1 Å². The highest BCUT2D eigenvalue weighted by Gasteiger charge is 2.47. The van der Waals surface area contributed by atoms with Gasteiger partial charge in [0, 0.05) is 29.7 Å². The van der Waals surface area contributed by atoms with Crippen molar-refractivity contribution >= 4 is 23.4 Å². The van der Waals surface area contributed by atoms with Gasteiger partial charge in [-0.05, 0) is 36.8 Å². The Kier molecular flexibility index (Phi) is 6.81. The summed E-state index contributed by atoms with van der Waals surface area (Å²) in [6, 6.07) is 9.53. The smallest absolute Gasteiger partial charge is 0.387 e. The fraction of sp³-hybridized carbons (Fsp3) is 0.360. The van der Waals surface area contributed by atoms with E-state index >= 15 is 0 Å². The molecule has 38 heavy (non-hydrogen) atoms. The van der Waals surface area contributed by atoms with Gasteiger partial charge < -0.3 is 25.4 Å². The number of pyridine rings is 1. The number of hydrogen-bond donors (Lipinski definition) is 2. The number of urea groups is 1. The summed E-state index contributed by atoms with van der Waals surface area (Å²) in [7, 11) is 0. The average Bonchev–Trinajstić information content (AvgIpc) is 3.51. The summed E-state index contributed by atoms with van der Waals surface area (Å²) in [6.45, 7) is 0.448. The highest BCUT2D eigenvalue weighted by Crippen LogP contribution is 2.40. The summed E-state index contributed by atoms with van der Waals surface area (Å²) in [5.41, 5.74) is 7.80. The van der Waals surface area contributed by atoms with Gasteiger partial charge in [0.25, 0.3) is 0 Å². The lowest BCUT2D eigenvalue weighted by Gasteiger charge is -2.34. The Bertz CT molecular complexity index is 1430. The van der Waals surface area contributed by atoms with Gasteiger partial charge in [-0.2, -0.15) is 19.1 Å². The molecular weight excluding hydrogens is 520 g/mol. The number of nitrogens with zero attached hydrogens (tertiary/aromatic N) is 5. The van der Waals surface area contributed by atoms with Crippen molar-refractivity contribution in [3.8, 4) is 23.1 Å². The molecule has 0 saturated carbocycles. The van der Waals surface area contributed by atoms with E-state index < -0.39 is 12.2 Å². The number of aromatic nitrogens is 3. The highest BCUT2D eigenvalue weighted by molar-refractivity contribution is 6.31. The molecular formula is C25H24ClF2N7O3. The summed E-state index contributed by atoms with van der Waals surface area (Å²) in [4.78, 5) is 18.8. The summed E-state index contributed by atoms with van der Waals surface area (Å²) >= 11 is 6.31. The van der Waals surface area contributed by atoms with E-state index in [1.807, 2.05) is 23.7 Å². The Hall–Kier alpha value is -3.95. The zero-order valence-corrected chi connectivity index (χ0v) is 21.1. The number of fused-ring (bicyclic) bond motifs is 2. The number of hydrogen-bond acceptors (Lipinski definition) is 7. The van der Waals surface area contributed by atoms with Gasteiger partial charge in [-0.15, -0.1) is 0 Å². The maximum Gasteiger partial charge on any atom is 0.387 e. The molecule has 3 aromatic rings. The van der Waals surface area contributed by atoms with E-state index in [2.05, 4.69) is 20.1 Å². The van der Waals surface area contributed by atoms with Gasteiger partial charge in [-0.25, -0.2) is 9.78 Å². The molecule has 13 heteroatoms. The van der Waals surface area contributed by atoms with Crippen LogP contribution in [0.1, 0.15) is 36.2 Å². The van der Waals surface area contributed by atoms with Crippen molar-refractivity contribution < 1.29 is 23.0 Å². The first-order chi connectivity index (χ1) is 18.2. The van der Waals surface area contributed by atoms with E-state index in [0.717, 1.165) is 5.69 Å². The van der Waals surface area contributed by atoms with E-state index in [4.69, 9.17) is 27.3 Å². The minimum atomic E-state index is -3.03. The van der Waals surface area contributed by atoms with Crippen LogP contribution in [0.4, 0.5) is 19.4 Å². The van der Waals surface area contributed by atoms with Crippen LogP contribution in [0.15, 0.2) is 36.5 Å². The average molecular weight is 544 g/mol. The number of carbonyl (C=O) groups excluding carboxylic acids is 1. The van der Waals surface area contributed by atoms with E-state index in [-0.39, 0.29) is 23.6 Å². The van der Waals surface area contributed by atoms with E-state index in [9.17, 15) is 13.6 Å². The van der Waals surface area contributed by atoms with Gasteiger partial charge in [0.1, 0.15) is 5.60 Å². The minimum absolute atomic E-state index is 0.146. The van der Waals surface area contributed by atoms with Crippen molar-refractivity contribution in [2.75, 3.05) is 25.4 Å². The third-order valence-corrected chi connectivity index (χ3v) is 7.10. The van der Waals surface area contributed by atoms with Gasteiger partial charge in [-0.1, -0.05) is 17.7 Å². The quantitative estimate of drug-likeness (QED) is 0.496. The van der Waals surface area contributed by atoms with Crippen molar-refractivity contribution in [1.29, 1.82) is 5.26 Å². The second-order valence-electron chi connectivity index (χ2n) is 9.16. The number of nitrogens with one attached hydrogen (secondary N) is 1. The summed E-state index contributed by atoms with van der Waals surface area (Å²) in [5, 5.41) is 17.0. The lowest BCUT2D eigenvalue weighted by molar-refractivity contribution is -0.0701. The lowest BCUT2D eigenvalue weighted by Crippen LogP contribution is -2.44. The number of halogens is 3. The Morgan fingerprint density at radius 1 is 1.34 bits per heavy atom. The molecule has 2 aliphatic heterocycles. The number of alkyl halides is 2. The van der Waals surface area contributed by atoms with Gasteiger partial charge in [0.2, 0.25) is 0 Å². The number of ether oxygens (including phenoxy) is 2. The number of rotatable bonds is 5. The number of nitriles is 1. The highest BCUT2D eigenvalue weighted by atomic mass is 35.5. The van der Waals surface area contributed by atoms with Gasteiger partial charge >= 0.3 is 12.6 Å². The molecule has 1 aromatic carbocycles. The standard InChI is InChI=1S/C25H24ClF2N7O3/c1-14(17-3-2-15(11-29)8-18(17)26)32-24(36)34-5-4-25(13-34)21-10-19(33-35(21)6-7-37-25)16-9-20(38-23(27)28)22(30)31-12-16/h2-3,8-10,12,14,23H,4-7,13H2,1H3,(H2,30,31)(H,32,36)/t14-,25?/m1/s1. The molecule has 1 unspecified atom stereocenters. The van der Waals surface area contributed by atoms with E-state index in [1.165, 1.54) is 12.3 Å². The molecule has 5 rings (SSSR count). The molecule has 2 aliphatic rings. The molecule has 2 aromatic heterocycles. The molecule has 198 valence electrons. The predicted molar refractivity (Wildman–Crippen MR) is 133 cm³/mol. The Morgan fingerprint density at radius 3 is 2.89 bits per heavy atom. The number of carbonyl (C=O) groups is 1. The van der Waals surface area contributed by atoms with Crippen LogP contribution in [-0.2, 0) is 16.9 Å². The zero-order chi connectivity index (χ0) is 27.0. The first-order valence-corrected chi connectivity index (χ1v) is 12.2. The molecule has 3 N–H and O–H groups in total. The van der Waals surface area contributed by atoms with Crippen molar-refractivity contribution in [1.82, 2.24) is 25.0 Å². The second-order valence-corrected chi connectivity index (χ2v) is 9.56. The third-order valence-electron chi connectivity index (χ3n) is 6.78. The molecule has 0 radical (unpaired) electrons. The Labute approximate surface area is 221 Å². The van der Waals surface area contributed by atoms with Crippen LogP contribution in [0.2, 0.25) is 5.02 Å². The SMILES string of the molecule is C[C@@H](NC(=O)N1CCC2(C1)OCCn1nc(-c3cnc(N)c(OC(F)F)c3)cc12)c1ccc(C#N)cc1Cl. The first kappa shape index (κ1) is 25.7. The molecule has 10 nitrogen and oxygen atoms in total. The third kappa shape index (κ3) is 4.82. The zero-order valence-electron chi connectivity index (χ0n) is 20.3.